The van der Waals surface area contributed by atoms with Gasteiger partial charge >= 0.3 is 0 Å². The number of guanidine groups is 1. The number of nitrogens with one attached hydrogen (secondary N) is 3. The second-order valence-electron chi connectivity index (χ2n) is 8.91. The van der Waals surface area contributed by atoms with E-state index in [1.54, 1.807) is 0 Å². The van der Waals surface area contributed by atoms with Crippen molar-refractivity contribution in [3.05, 3.63) is 35.7 Å². The van der Waals surface area contributed by atoms with E-state index in [1.807, 2.05) is 29.2 Å². The zero-order chi connectivity index (χ0) is 22.8. The topological polar surface area (TPSA) is 124 Å². The molecule has 1 saturated carbocycles. The van der Waals surface area contributed by atoms with E-state index in [0.29, 0.717) is 49.7 Å². The van der Waals surface area contributed by atoms with E-state index in [9.17, 15) is 9.59 Å². The minimum atomic E-state index is -0.471. The van der Waals surface area contributed by atoms with Crippen LogP contribution in [0, 0.1) is 0 Å². The van der Waals surface area contributed by atoms with Gasteiger partial charge in [-0.25, -0.2) is 0 Å². The van der Waals surface area contributed by atoms with E-state index < -0.39 is 5.91 Å². The average molecular weight is 454 g/mol. The zero-order valence-electron chi connectivity index (χ0n) is 18.7. The Morgan fingerprint density at radius 2 is 1.88 bits per heavy atom. The lowest BCUT2D eigenvalue weighted by Gasteiger charge is -2.38. The predicted molar refractivity (Wildman–Crippen MR) is 126 cm³/mol. The number of amides is 2. The molecule has 1 aromatic carbocycles. The summed E-state index contributed by atoms with van der Waals surface area (Å²) in [5.41, 5.74) is 7.81. The fraction of sp³-hybridized carbons (Fsp3) is 0.522. The normalized spacial score (nSPS) is 23.2. The van der Waals surface area contributed by atoms with Crippen molar-refractivity contribution < 1.29 is 14.3 Å². The molecule has 1 atom stereocenters. The van der Waals surface area contributed by atoms with Crippen LogP contribution >= 0.6 is 0 Å². The fourth-order valence-electron chi connectivity index (χ4n) is 4.43. The van der Waals surface area contributed by atoms with E-state index >= 15 is 0 Å². The summed E-state index contributed by atoms with van der Waals surface area (Å²) in [6, 6.07) is 8.03. The van der Waals surface area contributed by atoms with Crippen LogP contribution in [0.1, 0.15) is 25.7 Å². The summed E-state index contributed by atoms with van der Waals surface area (Å²) in [5.74, 6) is 0.785. The fourth-order valence-corrected chi connectivity index (χ4v) is 4.43. The van der Waals surface area contributed by atoms with E-state index in [2.05, 4.69) is 25.8 Å². The number of benzene rings is 1. The van der Waals surface area contributed by atoms with Gasteiger partial charge in [0, 0.05) is 37.1 Å². The number of morpholine rings is 1. The molecular weight excluding hydrogens is 422 g/mol. The third-order valence-corrected chi connectivity index (χ3v) is 6.45. The summed E-state index contributed by atoms with van der Waals surface area (Å²) < 4.78 is 5.64. The van der Waals surface area contributed by atoms with Gasteiger partial charge in [0.25, 0.3) is 0 Å². The first-order valence-electron chi connectivity index (χ1n) is 11.7. The molecule has 0 aromatic heterocycles. The summed E-state index contributed by atoms with van der Waals surface area (Å²) in [6.07, 6.45) is 4.30. The van der Waals surface area contributed by atoms with Gasteiger partial charge in [0.15, 0.2) is 0 Å². The van der Waals surface area contributed by atoms with Crippen LogP contribution in [0.15, 0.2) is 40.7 Å². The second-order valence-corrected chi connectivity index (χ2v) is 8.91. The molecule has 10 nitrogen and oxygen atoms in total. The van der Waals surface area contributed by atoms with Crippen LogP contribution in [0.25, 0.3) is 0 Å². The highest BCUT2D eigenvalue weighted by molar-refractivity contribution is 6.00. The predicted octanol–water partition coefficient (Wildman–Crippen LogP) is 0.334. The number of nitrogens with two attached hydrogens (primary N) is 1. The standard InChI is InChI=1S/C23H31N7O3/c24-20(31)18-13-25-23(28-21(18)26-15-3-4-15)27-16-5-7-17(8-6-16)30-11-12-33-14-19(30)22(32)29-9-1-2-10-29/h5-8,15,19,26H,1-4,9-14H2,(H2,24,31)(H2,25,27,28). The summed E-state index contributed by atoms with van der Waals surface area (Å²) in [6.45, 7) is 3.71. The molecule has 3 heterocycles. The van der Waals surface area contributed by atoms with Crippen molar-refractivity contribution in [1.82, 2.24) is 15.5 Å². The molecule has 2 saturated heterocycles. The van der Waals surface area contributed by atoms with Crippen LogP contribution in [0.3, 0.4) is 0 Å². The second kappa shape index (κ2) is 9.30. The van der Waals surface area contributed by atoms with Gasteiger partial charge in [0.2, 0.25) is 17.8 Å². The number of nitrogens with zero attached hydrogens (tertiary/aromatic N) is 3. The highest BCUT2D eigenvalue weighted by atomic mass is 16.5. The van der Waals surface area contributed by atoms with E-state index in [-0.39, 0.29) is 11.9 Å². The van der Waals surface area contributed by atoms with Crippen LogP contribution in [0.4, 0.5) is 11.4 Å². The third kappa shape index (κ3) is 4.90. The zero-order valence-corrected chi connectivity index (χ0v) is 18.7. The highest BCUT2D eigenvalue weighted by Crippen LogP contribution is 2.25. The molecule has 10 heteroatoms. The van der Waals surface area contributed by atoms with Gasteiger partial charge in [0.1, 0.15) is 11.9 Å². The number of anilines is 2. The number of aliphatic imine (C=N–C) groups is 1. The van der Waals surface area contributed by atoms with Crippen LogP contribution < -0.4 is 26.6 Å². The summed E-state index contributed by atoms with van der Waals surface area (Å²) in [4.78, 5) is 33.4. The number of carbonyl (C=O) groups is 2. The van der Waals surface area contributed by atoms with E-state index in [1.165, 1.54) is 0 Å². The molecule has 0 radical (unpaired) electrons. The molecular formula is C23H31N7O3. The van der Waals surface area contributed by atoms with Crippen molar-refractivity contribution >= 4 is 29.1 Å². The van der Waals surface area contributed by atoms with Crippen molar-refractivity contribution in [2.24, 2.45) is 10.7 Å². The highest BCUT2D eigenvalue weighted by Gasteiger charge is 2.34. The maximum Gasteiger partial charge on any atom is 0.250 e. The maximum absolute atomic E-state index is 13.0. The average Bonchev–Trinajstić information content (AvgIpc) is 3.47. The Balaban J connectivity index is 1.28. The number of ether oxygens (including phenoxy) is 1. The number of hydrogen-bond acceptors (Lipinski definition) is 8. The number of hydrogen-bond donors (Lipinski definition) is 4. The lowest BCUT2D eigenvalue weighted by atomic mass is 10.1. The first kappa shape index (κ1) is 21.6. The molecule has 2 amide bonds. The largest absolute Gasteiger partial charge is 0.377 e. The van der Waals surface area contributed by atoms with Crippen LogP contribution in [-0.4, -0.2) is 74.2 Å². The van der Waals surface area contributed by atoms with Crippen molar-refractivity contribution in [3.8, 4) is 0 Å². The minimum absolute atomic E-state index is 0.155. The summed E-state index contributed by atoms with van der Waals surface area (Å²) >= 11 is 0. The molecule has 5 rings (SSSR count). The molecule has 0 spiro atoms. The van der Waals surface area contributed by atoms with Crippen LogP contribution in [-0.2, 0) is 14.3 Å². The third-order valence-electron chi connectivity index (χ3n) is 6.45. The molecule has 5 N–H and O–H groups in total. The van der Waals surface area contributed by atoms with Gasteiger partial charge < -0.3 is 36.2 Å². The van der Waals surface area contributed by atoms with Crippen molar-refractivity contribution in [2.45, 2.75) is 37.8 Å². The molecule has 176 valence electrons. The molecule has 1 aliphatic carbocycles. The molecule has 3 fully saturated rings. The molecule has 1 aromatic rings. The minimum Gasteiger partial charge on any atom is -0.377 e. The van der Waals surface area contributed by atoms with Gasteiger partial charge in [-0.1, -0.05) is 0 Å². The van der Waals surface area contributed by atoms with Gasteiger partial charge in [-0.2, -0.15) is 4.99 Å². The van der Waals surface area contributed by atoms with Crippen molar-refractivity contribution in [3.63, 3.8) is 0 Å². The monoisotopic (exact) mass is 453 g/mol. The number of carbonyl (C=O) groups excluding carboxylic acids is 2. The lowest BCUT2D eigenvalue weighted by molar-refractivity contribution is -0.134. The van der Waals surface area contributed by atoms with Crippen LogP contribution in [0.5, 0.6) is 0 Å². The van der Waals surface area contributed by atoms with Gasteiger partial charge in [0.05, 0.1) is 25.3 Å². The van der Waals surface area contributed by atoms with Crippen LogP contribution in [0.2, 0.25) is 0 Å². The van der Waals surface area contributed by atoms with Crippen molar-refractivity contribution in [2.75, 3.05) is 49.6 Å². The Morgan fingerprint density at radius 3 is 2.58 bits per heavy atom. The summed E-state index contributed by atoms with van der Waals surface area (Å²) in [7, 11) is 0. The smallest absolute Gasteiger partial charge is 0.250 e. The van der Waals surface area contributed by atoms with Gasteiger partial charge in [-0.05, 0) is 49.9 Å². The Morgan fingerprint density at radius 1 is 1.12 bits per heavy atom. The van der Waals surface area contributed by atoms with E-state index in [0.717, 1.165) is 50.1 Å². The number of primary amides is 1. The van der Waals surface area contributed by atoms with Crippen molar-refractivity contribution in [1.29, 1.82) is 0 Å². The Hall–Kier alpha value is -3.27. The number of likely N-dealkylation sites (tertiary alicyclic amines) is 1. The SMILES string of the molecule is NC(=O)C1=C(NC2CC2)N=C(Nc2ccc(N3CCOCC3C(=O)N3CCCC3)cc2)NC1. The first-order valence-corrected chi connectivity index (χ1v) is 11.7. The van der Waals surface area contributed by atoms with Gasteiger partial charge in [-0.3, -0.25) is 9.59 Å². The molecule has 3 aliphatic heterocycles. The molecule has 0 bridgehead atoms. The van der Waals surface area contributed by atoms with Gasteiger partial charge in [-0.15, -0.1) is 0 Å². The Labute approximate surface area is 193 Å². The summed E-state index contributed by atoms with van der Waals surface area (Å²) in [5, 5.41) is 9.67. The quantitative estimate of drug-likeness (QED) is 0.489. The Bertz CT molecular complexity index is 965. The Kier molecular flexibility index (Phi) is 6.08. The van der Waals surface area contributed by atoms with E-state index in [4.69, 9.17) is 10.5 Å². The molecule has 1 unspecified atom stereocenters. The maximum atomic E-state index is 13.0. The lowest BCUT2D eigenvalue weighted by Crippen LogP contribution is -2.54. The number of rotatable bonds is 6. The molecule has 4 aliphatic rings. The molecule has 33 heavy (non-hydrogen) atoms. The first-order chi connectivity index (χ1) is 16.1.